The van der Waals surface area contributed by atoms with Crippen LogP contribution in [0.2, 0.25) is 5.02 Å². The molecule has 2 aromatic carbocycles. The molecule has 4 nitrogen and oxygen atoms in total. The van der Waals surface area contributed by atoms with Gasteiger partial charge in [0.25, 0.3) is 5.91 Å². The fourth-order valence-electron chi connectivity index (χ4n) is 1.95. The summed E-state index contributed by atoms with van der Waals surface area (Å²) in [6, 6.07) is 12.6. The van der Waals surface area contributed by atoms with Gasteiger partial charge in [-0.25, -0.2) is 4.79 Å². The topological polar surface area (TPSA) is 66.4 Å². The van der Waals surface area contributed by atoms with Crippen LogP contribution in [0.4, 0.5) is 0 Å². The molecule has 22 heavy (non-hydrogen) atoms. The van der Waals surface area contributed by atoms with Crippen molar-refractivity contribution in [3.63, 3.8) is 0 Å². The number of nitrogens with one attached hydrogen (secondary N) is 1. The Hall–Kier alpha value is -1.85. The molecule has 0 bridgehead atoms. The Morgan fingerprint density at radius 3 is 2.50 bits per heavy atom. The minimum absolute atomic E-state index is 0.134. The van der Waals surface area contributed by atoms with Crippen LogP contribution in [0.15, 0.2) is 53.0 Å². The van der Waals surface area contributed by atoms with Crippen molar-refractivity contribution in [1.29, 1.82) is 0 Å². The second kappa shape index (κ2) is 7.42. The van der Waals surface area contributed by atoms with E-state index in [1.54, 1.807) is 48.5 Å². The quantitative estimate of drug-likeness (QED) is 0.831. The highest BCUT2D eigenvalue weighted by molar-refractivity contribution is 9.10. The Labute approximate surface area is 141 Å². The number of halogens is 2. The van der Waals surface area contributed by atoms with E-state index >= 15 is 0 Å². The summed E-state index contributed by atoms with van der Waals surface area (Å²) in [5, 5.41) is 12.4. The standard InChI is InChI=1S/C16H13BrClNO3/c17-13-7-6-12(18)8-11(13)9-14(16(21)22)19-15(20)10-4-2-1-3-5-10/h1-8,14H,9H2,(H,19,20)(H,21,22)/t14-/m1/s1. The zero-order valence-electron chi connectivity index (χ0n) is 11.4. The smallest absolute Gasteiger partial charge is 0.326 e. The maximum atomic E-state index is 12.1. The number of benzene rings is 2. The molecule has 114 valence electrons. The van der Waals surface area contributed by atoms with Gasteiger partial charge in [-0.2, -0.15) is 0 Å². The Morgan fingerprint density at radius 1 is 1.18 bits per heavy atom. The number of aliphatic carboxylic acids is 1. The molecular weight excluding hydrogens is 370 g/mol. The average Bonchev–Trinajstić information content (AvgIpc) is 2.50. The lowest BCUT2D eigenvalue weighted by Crippen LogP contribution is -2.42. The summed E-state index contributed by atoms with van der Waals surface area (Å²) in [5.41, 5.74) is 1.13. The number of carboxylic acid groups (broad SMARTS) is 1. The summed E-state index contributed by atoms with van der Waals surface area (Å²) in [4.78, 5) is 23.5. The van der Waals surface area contributed by atoms with Crippen LogP contribution in [-0.4, -0.2) is 23.0 Å². The maximum absolute atomic E-state index is 12.1. The van der Waals surface area contributed by atoms with E-state index in [4.69, 9.17) is 11.6 Å². The molecule has 2 rings (SSSR count). The second-order valence-corrected chi connectivity index (χ2v) is 5.96. The molecule has 0 unspecified atom stereocenters. The van der Waals surface area contributed by atoms with E-state index in [0.29, 0.717) is 16.1 Å². The van der Waals surface area contributed by atoms with Crippen LogP contribution in [0.1, 0.15) is 15.9 Å². The molecule has 0 saturated carbocycles. The average molecular weight is 383 g/mol. The molecule has 0 saturated heterocycles. The highest BCUT2D eigenvalue weighted by Gasteiger charge is 2.22. The predicted octanol–water partition coefficient (Wildman–Crippen LogP) is 3.53. The summed E-state index contributed by atoms with van der Waals surface area (Å²) in [6.45, 7) is 0. The molecule has 0 radical (unpaired) electrons. The third-order valence-corrected chi connectivity index (χ3v) is 4.08. The van der Waals surface area contributed by atoms with Crippen LogP contribution >= 0.6 is 27.5 Å². The molecule has 0 aromatic heterocycles. The number of hydrogen-bond donors (Lipinski definition) is 2. The third-order valence-electron chi connectivity index (χ3n) is 3.07. The minimum atomic E-state index is -1.10. The first-order chi connectivity index (χ1) is 10.5. The van der Waals surface area contributed by atoms with Gasteiger partial charge in [-0.05, 0) is 35.9 Å². The second-order valence-electron chi connectivity index (χ2n) is 4.67. The van der Waals surface area contributed by atoms with Gasteiger partial charge in [0.2, 0.25) is 0 Å². The van der Waals surface area contributed by atoms with Crippen molar-refractivity contribution in [3.05, 3.63) is 69.2 Å². The first kappa shape index (κ1) is 16.5. The number of carbonyl (C=O) groups is 2. The molecule has 2 aromatic rings. The summed E-state index contributed by atoms with van der Waals surface area (Å²) < 4.78 is 0.747. The fraction of sp³-hybridized carbons (Fsp3) is 0.125. The molecule has 1 atom stereocenters. The Kier molecular flexibility index (Phi) is 5.57. The van der Waals surface area contributed by atoms with E-state index < -0.39 is 17.9 Å². The van der Waals surface area contributed by atoms with Crippen molar-refractivity contribution in [1.82, 2.24) is 5.32 Å². The molecule has 1 amide bonds. The molecular formula is C16H13BrClNO3. The maximum Gasteiger partial charge on any atom is 0.326 e. The van der Waals surface area contributed by atoms with E-state index in [1.165, 1.54) is 0 Å². The zero-order valence-corrected chi connectivity index (χ0v) is 13.8. The first-order valence-corrected chi connectivity index (χ1v) is 7.67. The summed E-state index contributed by atoms with van der Waals surface area (Å²) >= 11 is 9.28. The van der Waals surface area contributed by atoms with Gasteiger partial charge in [0, 0.05) is 21.5 Å². The van der Waals surface area contributed by atoms with E-state index in [2.05, 4.69) is 21.2 Å². The largest absolute Gasteiger partial charge is 0.480 e. The van der Waals surface area contributed by atoms with Crippen LogP contribution in [-0.2, 0) is 11.2 Å². The van der Waals surface area contributed by atoms with Crippen LogP contribution in [0.3, 0.4) is 0 Å². The van der Waals surface area contributed by atoms with Crippen LogP contribution in [0.5, 0.6) is 0 Å². The highest BCUT2D eigenvalue weighted by Crippen LogP contribution is 2.22. The Morgan fingerprint density at radius 2 is 1.86 bits per heavy atom. The number of rotatable bonds is 5. The lowest BCUT2D eigenvalue weighted by molar-refractivity contribution is -0.139. The first-order valence-electron chi connectivity index (χ1n) is 6.50. The van der Waals surface area contributed by atoms with E-state index in [0.717, 1.165) is 4.47 Å². The van der Waals surface area contributed by atoms with Crippen molar-refractivity contribution >= 4 is 39.4 Å². The molecule has 0 heterocycles. The zero-order chi connectivity index (χ0) is 16.1. The van der Waals surface area contributed by atoms with Gasteiger partial charge in [0.1, 0.15) is 6.04 Å². The van der Waals surface area contributed by atoms with Crippen LogP contribution in [0.25, 0.3) is 0 Å². The van der Waals surface area contributed by atoms with Gasteiger partial charge < -0.3 is 10.4 Å². The van der Waals surface area contributed by atoms with E-state index in [-0.39, 0.29) is 6.42 Å². The van der Waals surface area contributed by atoms with Crippen molar-refractivity contribution in [2.24, 2.45) is 0 Å². The normalized spacial score (nSPS) is 11.7. The van der Waals surface area contributed by atoms with Gasteiger partial charge in [0.05, 0.1) is 0 Å². The molecule has 6 heteroatoms. The highest BCUT2D eigenvalue weighted by atomic mass is 79.9. The molecule has 0 fully saturated rings. The van der Waals surface area contributed by atoms with Gasteiger partial charge >= 0.3 is 5.97 Å². The lowest BCUT2D eigenvalue weighted by atomic mass is 10.1. The molecule has 0 aliphatic heterocycles. The molecule has 0 aliphatic rings. The van der Waals surface area contributed by atoms with E-state index in [1.807, 2.05) is 0 Å². The van der Waals surface area contributed by atoms with Gasteiger partial charge in [-0.3, -0.25) is 4.79 Å². The van der Waals surface area contributed by atoms with Gasteiger partial charge in [-0.15, -0.1) is 0 Å². The summed E-state index contributed by atoms with van der Waals surface area (Å²) in [5.74, 6) is -1.53. The Balaban J connectivity index is 2.15. The minimum Gasteiger partial charge on any atom is -0.480 e. The van der Waals surface area contributed by atoms with Crippen LogP contribution < -0.4 is 5.32 Å². The Bertz CT molecular complexity index is 691. The lowest BCUT2D eigenvalue weighted by Gasteiger charge is -2.15. The van der Waals surface area contributed by atoms with Gasteiger partial charge in [0.15, 0.2) is 0 Å². The number of hydrogen-bond acceptors (Lipinski definition) is 2. The van der Waals surface area contributed by atoms with Crippen molar-refractivity contribution < 1.29 is 14.7 Å². The van der Waals surface area contributed by atoms with Crippen LogP contribution in [0, 0.1) is 0 Å². The number of amides is 1. The van der Waals surface area contributed by atoms with Gasteiger partial charge in [-0.1, -0.05) is 45.7 Å². The third kappa shape index (κ3) is 4.32. The van der Waals surface area contributed by atoms with Crippen molar-refractivity contribution in [2.75, 3.05) is 0 Å². The summed E-state index contributed by atoms with van der Waals surface area (Å²) in [7, 11) is 0. The summed E-state index contributed by atoms with van der Waals surface area (Å²) in [6.07, 6.45) is 0.134. The fourth-order valence-corrected chi connectivity index (χ4v) is 2.55. The van der Waals surface area contributed by atoms with Crippen molar-refractivity contribution in [2.45, 2.75) is 12.5 Å². The number of carboxylic acids is 1. The SMILES string of the molecule is O=C(N[C@H](Cc1cc(Cl)ccc1Br)C(=O)O)c1ccccc1. The molecule has 2 N–H and O–H groups in total. The molecule has 0 aliphatic carbocycles. The number of carbonyl (C=O) groups excluding carboxylic acids is 1. The van der Waals surface area contributed by atoms with Crippen molar-refractivity contribution in [3.8, 4) is 0 Å². The van der Waals surface area contributed by atoms with E-state index in [9.17, 15) is 14.7 Å². The molecule has 0 spiro atoms. The predicted molar refractivity (Wildman–Crippen MR) is 88.2 cm³/mol. The monoisotopic (exact) mass is 381 g/mol.